The van der Waals surface area contributed by atoms with Crippen molar-refractivity contribution in [3.05, 3.63) is 87.9 Å². The van der Waals surface area contributed by atoms with Crippen LogP contribution in [0.25, 0.3) is 0 Å². The zero-order valence-corrected chi connectivity index (χ0v) is 21.1. The molecule has 3 N–H and O–H groups in total. The normalized spacial score (nSPS) is 10.3. The van der Waals surface area contributed by atoms with Gasteiger partial charge in [-0.15, -0.1) is 0 Å². The molecule has 0 aromatic heterocycles. The number of nitrogens with one attached hydrogen (secondary N) is 3. The fraction of sp³-hybridized carbons (Fsp3) is 0.160. The molecule has 0 spiro atoms. The van der Waals surface area contributed by atoms with Crippen LogP contribution in [0.2, 0.25) is 0 Å². The molecule has 0 saturated heterocycles. The van der Waals surface area contributed by atoms with Crippen molar-refractivity contribution < 1.29 is 19.1 Å². The van der Waals surface area contributed by atoms with Crippen molar-refractivity contribution in [2.75, 3.05) is 31.0 Å². The van der Waals surface area contributed by atoms with Crippen molar-refractivity contribution in [3.8, 4) is 5.75 Å². The molecule has 0 fully saturated rings. The SMILES string of the molecule is COCCOc1ccc(Br)cc1C(=O)NC(=S)Nc1ccc(NC(=O)c2ccccc2C)cc1. The van der Waals surface area contributed by atoms with Crippen molar-refractivity contribution in [2.45, 2.75) is 6.92 Å². The highest BCUT2D eigenvalue weighted by molar-refractivity contribution is 9.10. The Morgan fingerprint density at radius 2 is 1.56 bits per heavy atom. The van der Waals surface area contributed by atoms with Crippen molar-refractivity contribution in [3.63, 3.8) is 0 Å². The first-order valence-corrected chi connectivity index (χ1v) is 11.6. The van der Waals surface area contributed by atoms with Crippen LogP contribution < -0.4 is 20.7 Å². The molecule has 7 nitrogen and oxygen atoms in total. The quantitative estimate of drug-likeness (QED) is 0.269. The number of ether oxygens (including phenoxy) is 2. The number of anilines is 2. The van der Waals surface area contributed by atoms with E-state index in [0.717, 1.165) is 10.0 Å². The third kappa shape index (κ3) is 7.11. The van der Waals surface area contributed by atoms with Crippen LogP contribution in [0.5, 0.6) is 5.75 Å². The molecule has 0 saturated carbocycles. The molecule has 0 radical (unpaired) electrons. The molecule has 0 atom stereocenters. The summed E-state index contributed by atoms with van der Waals surface area (Å²) >= 11 is 8.66. The van der Waals surface area contributed by atoms with E-state index >= 15 is 0 Å². The first-order chi connectivity index (χ1) is 16.4. The molecule has 176 valence electrons. The lowest BCUT2D eigenvalue weighted by Gasteiger charge is -2.14. The Morgan fingerprint density at radius 1 is 0.882 bits per heavy atom. The Morgan fingerprint density at radius 3 is 2.24 bits per heavy atom. The Balaban J connectivity index is 1.59. The second-order valence-electron chi connectivity index (χ2n) is 7.24. The number of halogens is 1. The minimum absolute atomic E-state index is 0.129. The summed E-state index contributed by atoms with van der Waals surface area (Å²) in [5.41, 5.74) is 3.15. The van der Waals surface area contributed by atoms with E-state index in [9.17, 15) is 9.59 Å². The van der Waals surface area contributed by atoms with Gasteiger partial charge in [-0.25, -0.2) is 0 Å². The van der Waals surface area contributed by atoms with E-state index < -0.39 is 5.91 Å². The van der Waals surface area contributed by atoms with Crippen molar-refractivity contribution >= 4 is 56.4 Å². The third-order valence-corrected chi connectivity index (χ3v) is 5.45. The molecule has 34 heavy (non-hydrogen) atoms. The Labute approximate surface area is 212 Å². The number of carbonyl (C=O) groups is 2. The highest BCUT2D eigenvalue weighted by Crippen LogP contribution is 2.23. The van der Waals surface area contributed by atoms with Crippen molar-refractivity contribution in [1.82, 2.24) is 5.32 Å². The van der Waals surface area contributed by atoms with Crippen LogP contribution in [-0.2, 0) is 4.74 Å². The summed E-state index contributed by atoms with van der Waals surface area (Å²) in [6.45, 7) is 2.60. The van der Waals surface area contributed by atoms with Gasteiger partial charge in [0, 0.05) is 28.5 Å². The summed E-state index contributed by atoms with van der Waals surface area (Å²) in [5.74, 6) is -0.165. The summed E-state index contributed by atoms with van der Waals surface area (Å²) in [4.78, 5) is 25.2. The van der Waals surface area contributed by atoms with Gasteiger partial charge in [0.1, 0.15) is 12.4 Å². The number of thiocarbonyl (C=S) groups is 1. The van der Waals surface area contributed by atoms with Crippen LogP contribution in [0, 0.1) is 6.92 Å². The number of benzene rings is 3. The number of amides is 2. The molecule has 0 unspecified atom stereocenters. The molecule has 3 rings (SSSR count). The van der Waals surface area contributed by atoms with Gasteiger partial charge in [-0.2, -0.15) is 0 Å². The second-order valence-corrected chi connectivity index (χ2v) is 8.56. The van der Waals surface area contributed by atoms with Gasteiger partial charge in [-0.1, -0.05) is 34.1 Å². The van der Waals surface area contributed by atoms with Crippen LogP contribution in [0.15, 0.2) is 71.2 Å². The number of hydrogen-bond acceptors (Lipinski definition) is 5. The van der Waals surface area contributed by atoms with E-state index in [1.165, 1.54) is 0 Å². The first-order valence-electron chi connectivity index (χ1n) is 10.4. The molecular weight excluding hydrogens is 518 g/mol. The molecule has 3 aromatic rings. The van der Waals surface area contributed by atoms with Gasteiger partial charge >= 0.3 is 0 Å². The lowest BCUT2D eigenvalue weighted by molar-refractivity contribution is 0.0968. The van der Waals surface area contributed by atoms with E-state index in [1.54, 1.807) is 55.6 Å². The zero-order chi connectivity index (χ0) is 24.5. The Bertz CT molecular complexity index is 1190. The van der Waals surface area contributed by atoms with Crippen LogP contribution in [0.1, 0.15) is 26.3 Å². The second kappa shape index (κ2) is 12.3. The lowest BCUT2D eigenvalue weighted by atomic mass is 10.1. The average Bonchev–Trinajstić information content (AvgIpc) is 2.81. The molecule has 0 bridgehead atoms. The van der Waals surface area contributed by atoms with Crippen LogP contribution in [0.3, 0.4) is 0 Å². The maximum absolute atomic E-state index is 12.8. The van der Waals surface area contributed by atoms with Crippen LogP contribution >= 0.6 is 28.1 Å². The lowest BCUT2D eigenvalue weighted by Crippen LogP contribution is -2.34. The minimum atomic E-state index is -0.409. The monoisotopic (exact) mass is 541 g/mol. The van der Waals surface area contributed by atoms with Crippen LogP contribution in [-0.4, -0.2) is 37.3 Å². The van der Waals surface area contributed by atoms with Gasteiger partial charge in [0.15, 0.2) is 5.11 Å². The largest absolute Gasteiger partial charge is 0.490 e. The highest BCUT2D eigenvalue weighted by atomic mass is 79.9. The molecule has 3 aromatic carbocycles. The molecule has 0 aliphatic carbocycles. The smallest absolute Gasteiger partial charge is 0.261 e. The van der Waals surface area contributed by atoms with E-state index in [2.05, 4.69) is 31.9 Å². The molecule has 9 heteroatoms. The summed E-state index contributed by atoms with van der Waals surface area (Å²) < 4.78 is 11.4. The fourth-order valence-corrected chi connectivity index (χ4v) is 3.61. The summed E-state index contributed by atoms with van der Waals surface area (Å²) in [5, 5.41) is 8.62. The van der Waals surface area contributed by atoms with Gasteiger partial charge in [0.2, 0.25) is 0 Å². The topological polar surface area (TPSA) is 88.7 Å². The molecule has 0 aliphatic rings. The fourth-order valence-electron chi connectivity index (χ4n) is 3.04. The minimum Gasteiger partial charge on any atom is -0.490 e. The first kappa shape index (κ1) is 25.4. The molecule has 0 heterocycles. The van der Waals surface area contributed by atoms with Crippen molar-refractivity contribution in [2.24, 2.45) is 0 Å². The number of hydrogen-bond donors (Lipinski definition) is 3. The zero-order valence-electron chi connectivity index (χ0n) is 18.7. The maximum Gasteiger partial charge on any atom is 0.261 e. The van der Waals surface area contributed by atoms with Crippen molar-refractivity contribution in [1.29, 1.82) is 0 Å². The van der Waals surface area contributed by atoms with Crippen LogP contribution in [0.4, 0.5) is 11.4 Å². The van der Waals surface area contributed by atoms with Gasteiger partial charge in [0.25, 0.3) is 11.8 Å². The van der Waals surface area contributed by atoms with E-state index in [0.29, 0.717) is 41.5 Å². The summed E-state index contributed by atoms with van der Waals surface area (Å²) in [7, 11) is 1.58. The Kier molecular flexibility index (Phi) is 9.15. The average molecular weight is 542 g/mol. The Hall–Kier alpha value is -3.27. The predicted molar refractivity (Wildman–Crippen MR) is 141 cm³/mol. The van der Waals surface area contributed by atoms with E-state index in [1.807, 2.05) is 25.1 Å². The maximum atomic E-state index is 12.8. The van der Waals surface area contributed by atoms with Gasteiger partial charge in [-0.3, -0.25) is 14.9 Å². The van der Waals surface area contributed by atoms with E-state index in [-0.39, 0.29) is 11.0 Å². The van der Waals surface area contributed by atoms with Gasteiger partial charge in [0.05, 0.1) is 12.2 Å². The number of methoxy groups -OCH3 is 1. The van der Waals surface area contributed by atoms with Gasteiger partial charge < -0.3 is 20.1 Å². The summed E-state index contributed by atoms with van der Waals surface area (Å²) in [6.07, 6.45) is 0. The molecule has 0 aliphatic heterocycles. The highest BCUT2D eigenvalue weighted by Gasteiger charge is 2.15. The van der Waals surface area contributed by atoms with E-state index in [4.69, 9.17) is 21.7 Å². The van der Waals surface area contributed by atoms with Gasteiger partial charge in [-0.05, 0) is 73.2 Å². The number of aryl methyl sites for hydroxylation is 1. The summed E-state index contributed by atoms with van der Waals surface area (Å²) in [6, 6.07) is 19.5. The number of carbonyl (C=O) groups excluding carboxylic acids is 2. The number of rotatable bonds is 8. The third-order valence-electron chi connectivity index (χ3n) is 4.75. The molecular formula is C25H24BrN3O4S. The molecule has 2 amide bonds. The standard InChI is InChI=1S/C25H24BrN3O4S/c1-16-5-3-4-6-20(16)23(30)27-18-8-10-19(11-9-18)28-25(34)29-24(31)21-15-17(26)7-12-22(21)33-14-13-32-2/h3-12,15H,13-14H2,1-2H3,(H,27,30)(H2,28,29,31,34). The predicted octanol–water partition coefficient (Wildman–Crippen LogP) is 5.16.